The van der Waals surface area contributed by atoms with E-state index in [1.807, 2.05) is 13.8 Å². The lowest BCUT2D eigenvalue weighted by Gasteiger charge is -2.34. The zero-order valence-corrected chi connectivity index (χ0v) is 11.1. The fraction of sp³-hybridized carbons (Fsp3) is 1.00. The molecule has 0 atom stereocenters. The summed E-state index contributed by atoms with van der Waals surface area (Å²) >= 11 is 0. The average molecular weight is 214 g/mol. The molecule has 0 heterocycles. The highest BCUT2D eigenvalue weighted by atomic mass is 14.3. The highest BCUT2D eigenvalue weighted by Gasteiger charge is 2.26. The van der Waals surface area contributed by atoms with Crippen LogP contribution in [0.2, 0.25) is 0 Å². The van der Waals surface area contributed by atoms with Gasteiger partial charge in [-0.2, -0.15) is 0 Å². The molecule has 2 aliphatic carbocycles. The minimum absolute atomic E-state index is 0. The fourth-order valence-electron chi connectivity index (χ4n) is 3.36. The van der Waals surface area contributed by atoms with Crippen molar-refractivity contribution in [2.24, 2.45) is 17.8 Å². The van der Waals surface area contributed by atoms with Crippen molar-refractivity contribution in [1.29, 1.82) is 0 Å². The first-order valence-electron chi connectivity index (χ1n) is 7.36. The molecule has 0 aromatic carbocycles. The summed E-state index contributed by atoms with van der Waals surface area (Å²) < 4.78 is 0. The van der Waals surface area contributed by atoms with Crippen molar-refractivity contribution < 1.29 is 2.85 Å². The fourth-order valence-corrected chi connectivity index (χ4v) is 3.36. The van der Waals surface area contributed by atoms with Crippen LogP contribution in [0.25, 0.3) is 0 Å². The van der Waals surface area contributed by atoms with E-state index in [2.05, 4.69) is 6.92 Å². The Labute approximate surface area is 99.8 Å². The van der Waals surface area contributed by atoms with Gasteiger partial charge in [-0.25, -0.2) is 0 Å². The van der Waals surface area contributed by atoms with Gasteiger partial charge >= 0.3 is 0 Å². The molecule has 0 aromatic rings. The van der Waals surface area contributed by atoms with Crippen LogP contribution in [-0.2, 0) is 0 Å². The molecule has 2 fully saturated rings. The summed E-state index contributed by atoms with van der Waals surface area (Å²) in [6, 6.07) is 0. The summed E-state index contributed by atoms with van der Waals surface area (Å²) in [4.78, 5) is 0. The topological polar surface area (TPSA) is 0 Å². The maximum Gasteiger partial charge on any atom is 0 e. The third kappa shape index (κ3) is 4.17. The highest BCUT2D eigenvalue weighted by molar-refractivity contribution is 4.78. The third-order valence-corrected chi connectivity index (χ3v) is 4.38. The lowest BCUT2D eigenvalue weighted by molar-refractivity contribution is 0.173. The van der Waals surface area contributed by atoms with Crippen LogP contribution < -0.4 is 0 Å². The first kappa shape index (κ1) is 13.1. The molecule has 0 aliphatic heterocycles. The van der Waals surface area contributed by atoms with E-state index >= 15 is 0 Å². The van der Waals surface area contributed by atoms with Crippen molar-refractivity contribution in [3.8, 4) is 0 Å². The zero-order chi connectivity index (χ0) is 11.1. The SMILES string of the molecule is CC.CC1CCC(C2CCCCC2)CC1.[HH].[HH]. The van der Waals surface area contributed by atoms with Crippen LogP contribution in [0.4, 0.5) is 0 Å². The molecular weight excluding hydrogens is 180 g/mol. The van der Waals surface area contributed by atoms with Gasteiger partial charge in [0, 0.05) is 2.85 Å². The second-order valence-corrected chi connectivity index (χ2v) is 5.42. The minimum atomic E-state index is 0. The molecule has 2 rings (SSSR count). The predicted molar refractivity (Wildman–Crippen MR) is 73.3 cm³/mol. The molecule has 0 unspecified atom stereocenters. The van der Waals surface area contributed by atoms with Crippen molar-refractivity contribution in [2.75, 3.05) is 0 Å². The summed E-state index contributed by atoms with van der Waals surface area (Å²) in [5, 5.41) is 0. The van der Waals surface area contributed by atoms with Crippen LogP contribution in [0.1, 0.15) is 81.4 Å². The first-order chi connectivity index (χ1) is 7.36. The zero-order valence-electron chi connectivity index (χ0n) is 11.1. The Kier molecular flexibility index (Phi) is 6.36. The minimum Gasteiger partial charge on any atom is -0.0683 e. The third-order valence-electron chi connectivity index (χ3n) is 4.38. The van der Waals surface area contributed by atoms with Crippen LogP contribution >= 0.6 is 0 Å². The Bertz CT molecular complexity index is 145. The Morgan fingerprint density at radius 1 is 0.667 bits per heavy atom. The molecule has 2 saturated carbocycles. The van der Waals surface area contributed by atoms with E-state index in [9.17, 15) is 0 Å². The van der Waals surface area contributed by atoms with Crippen LogP contribution in [0.3, 0.4) is 0 Å². The van der Waals surface area contributed by atoms with E-state index in [4.69, 9.17) is 0 Å². The molecule has 0 radical (unpaired) electrons. The van der Waals surface area contributed by atoms with Gasteiger partial charge in [0.05, 0.1) is 0 Å². The normalized spacial score (nSPS) is 33.0. The van der Waals surface area contributed by atoms with Crippen molar-refractivity contribution in [3.05, 3.63) is 0 Å². The van der Waals surface area contributed by atoms with Crippen molar-refractivity contribution in [2.45, 2.75) is 78.6 Å². The maximum atomic E-state index is 2.43. The van der Waals surface area contributed by atoms with Gasteiger partial charge in [0.2, 0.25) is 0 Å². The molecule has 0 N–H and O–H groups in total. The summed E-state index contributed by atoms with van der Waals surface area (Å²) in [5.74, 6) is 3.28. The van der Waals surface area contributed by atoms with Crippen LogP contribution in [0.5, 0.6) is 0 Å². The van der Waals surface area contributed by atoms with Crippen molar-refractivity contribution in [3.63, 3.8) is 0 Å². The van der Waals surface area contributed by atoms with E-state index in [0.29, 0.717) is 0 Å². The van der Waals surface area contributed by atoms with Gasteiger partial charge in [-0.05, 0) is 30.6 Å². The Morgan fingerprint density at radius 3 is 1.67 bits per heavy atom. The van der Waals surface area contributed by atoms with Gasteiger partial charge in [-0.3, -0.25) is 0 Å². The molecule has 2 aliphatic rings. The van der Waals surface area contributed by atoms with Gasteiger partial charge < -0.3 is 0 Å². The van der Waals surface area contributed by atoms with Crippen LogP contribution in [0, 0.1) is 17.8 Å². The molecular formula is C15H34. The standard InChI is InChI=1S/C13H24.C2H6.2H2/c1-11-7-9-13(10-8-11)12-5-3-2-4-6-12;1-2;;/h11-13H,2-10H2,1H3;1-2H3;2*1H. The van der Waals surface area contributed by atoms with E-state index in [-0.39, 0.29) is 2.85 Å². The van der Waals surface area contributed by atoms with Gasteiger partial charge in [-0.15, -0.1) is 0 Å². The second kappa shape index (κ2) is 7.30. The summed E-state index contributed by atoms with van der Waals surface area (Å²) in [6.07, 6.45) is 13.8. The monoisotopic (exact) mass is 214 g/mol. The quantitative estimate of drug-likeness (QED) is 0.509. The number of hydrogen-bond donors (Lipinski definition) is 0. The second-order valence-electron chi connectivity index (χ2n) is 5.42. The van der Waals surface area contributed by atoms with E-state index in [0.717, 1.165) is 17.8 Å². The summed E-state index contributed by atoms with van der Waals surface area (Å²) in [6.45, 7) is 6.43. The Morgan fingerprint density at radius 2 is 1.13 bits per heavy atom. The number of hydrogen-bond acceptors (Lipinski definition) is 0. The Balaban J connectivity index is 0. The molecule has 0 spiro atoms. The van der Waals surface area contributed by atoms with Gasteiger partial charge in [-0.1, -0.05) is 65.7 Å². The molecule has 0 aromatic heterocycles. The molecule has 94 valence electrons. The Hall–Kier alpha value is 0. The van der Waals surface area contributed by atoms with Gasteiger partial charge in [0.1, 0.15) is 0 Å². The summed E-state index contributed by atoms with van der Waals surface area (Å²) in [7, 11) is 0. The first-order valence-corrected chi connectivity index (χ1v) is 7.36. The molecule has 15 heavy (non-hydrogen) atoms. The average Bonchev–Trinajstić information content (AvgIpc) is 2.34. The lowest BCUT2D eigenvalue weighted by atomic mass is 9.71. The van der Waals surface area contributed by atoms with E-state index in [1.165, 1.54) is 32.1 Å². The van der Waals surface area contributed by atoms with E-state index < -0.39 is 0 Å². The van der Waals surface area contributed by atoms with E-state index in [1.54, 1.807) is 25.7 Å². The van der Waals surface area contributed by atoms with Crippen LogP contribution in [-0.4, -0.2) is 0 Å². The highest BCUT2D eigenvalue weighted by Crippen LogP contribution is 2.39. The van der Waals surface area contributed by atoms with Crippen molar-refractivity contribution in [1.82, 2.24) is 0 Å². The van der Waals surface area contributed by atoms with Crippen LogP contribution in [0.15, 0.2) is 0 Å². The van der Waals surface area contributed by atoms with Gasteiger partial charge in [0.25, 0.3) is 0 Å². The smallest absolute Gasteiger partial charge is 0 e. The number of rotatable bonds is 1. The van der Waals surface area contributed by atoms with Crippen molar-refractivity contribution >= 4 is 0 Å². The molecule has 0 saturated heterocycles. The lowest BCUT2D eigenvalue weighted by Crippen LogP contribution is -2.22. The molecule has 0 amide bonds. The molecule has 0 nitrogen and oxygen atoms in total. The largest absolute Gasteiger partial charge is 0.0683 e. The molecule has 0 bridgehead atoms. The summed E-state index contributed by atoms with van der Waals surface area (Å²) in [5.41, 5.74) is 0. The predicted octanol–water partition coefficient (Wildman–Crippen LogP) is 5.91. The molecule has 0 heteroatoms. The maximum absolute atomic E-state index is 2.43. The van der Waals surface area contributed by atoms with Gasteiger partial charge in [0.15, 0.2) is 0 Å².